The van der Waals surface area contributed by atoms with E-state index in [0.29, 0.717) is 0 Å². The van der Waals surface area contributed by atoms with Gasteiger partial charge < -0.3 is 5.11 Å². The lowest BCUT2D eigenvalue weighted by atomic mass is 10.0. The molecular weight excluding hydrogens is 240 g/mol. The minimum Gasteiger partial charge on any atom is -0.478 e. The van der Waals surface area contributed by atoms with Crippen LogP contribution < -0.4 is 0 Å². The maximum Gasteiger partial charge on any atom is 0.339 e. The molecule has 4 nitrogen and oxygen atoms in total. The lowest BCUT2D eigenvalue weighted by Gasteiger charge is -2.14. The van der Waals surface area contributed by atoms with E-state index in [0.717, 1.165) is 16.9 Å². The van der Waals surface area contributed by atoms with Crippen LogP contribution in [0.15, 0.2) is 24.4 Å². The van der Waals surface area contributed by atoms with Crippen molar-refractivity contribution in [3.05, 3.63) is 46.8 Å². The van der Waals surface area contributed by atoms with Crippen LogP contribution >= 0.6 is 0 Å². The Morgan fingerprint density at radius 2 is 2.00 bits per heavy atom. The Labute approximate surface area is 112 Å². The highest BCUT2D eigenvalue weighted by Crippen LogP contribution is 2.25. The number of rotatable bonds is 3. The molecule has 0 fully saturated rings. The standard InChI is InChI=1S/C15H18N2O2/c1-9(2)14-12(15(18)19)8-16-17(14)13-7-5-6-10(3)11(13)4/h5-9H,1-4H3,(H,18,19). The van der Waals surface area contributed by atoms with Gasteiger partial charge in [-0.2, -0.15) is 5.10 Å². The largest absolute Gasteiger partial charge is 0.478 e. The molecule has 0 spiro atoms. The average Bonchev–Trinajstić information content (AvgIpc) is 2.77. The number of aromatic carboxylic acids is 1. The molecule has 2 aromatic rings. The molecular formula is C15H18N2O2. The summed E-state index contributed by atoms with van der Waals surface area (Å²) in [4.78, 5) is 11.3. The predicted molar refractivity (Wildman–Crippen MR) is 74.1 cm³/mol. The number of carboxylic acid groups (broad SMARTS) is 1. The van der Waals surface area contributed by atoms with E-state index in [1.165, 1.54) is 11.8 Å². The highest BCUT2D eigenvalue weighted by molar-refractivity contribution is 5.89. The van der Waals surface area contributed by atoms with Crippen LogP contribution in [0.5, 0.6) is 0 Å². The molecule has 1 heterocycles. The summed E-state index contributed by atoms with van der Waals surface area (Å²) in [5.74, 6) is -0.839. The molecule has 0 amide bonds. The monoisotopic (exact) mass is 258 g/mol. The first-order valence-electron chi connectivity index (χ1n) is 6.31. The van der Waals surface area contributed by atoms with Crippen LogP contribution in [0, 0.1) is 13.8 Å². The molecule has 0 radical (unpaired) electrons. The fraction of sp³-hybridized carbons (Fsp3) is 0.333. The van der Waals surface area contributed by atoms with Gasteiger partial charge in [-0.15, -0.1) is 0 Å². The molecule has 4 heteroatoms. The fourth-order valence-corrected chi connectivity index (χ4v) is 2.24. The Morgan fingerprint density at radius 3 is 2.58 bits per heavy atom. The Bertz CT molecular complexity index is 627. The number of aromatic nitrogens is 2. The van der Waals surface area contributed by atoms with Crippen molar-refractivity contribution < 1.29 is 9.90 Å². The van der Waals surface area contributed by atoms with Crippen molar-refractivity contribution in [2.24, 2.45) is 0 Å². The third kappa shape index (κ3) is 2.26. The van der Waals surface area contributed by atoms with Crippen LogP contribution in [0.3, 0.4) is 0 Å². The van der Waals surface area contributed by atoms with Gasteiger partial charge in [-0.1, -0.05) is 26.0 Å². The zero-order valence-electron chi connectivity index (χ0n) is 11.6. The molecule has 0 aliphatic heterocycles. The highest BCUT2D eigenvalue weighted by Gasteiger charge is 2.21. The molecule has 0 saturated heterocycles. The lowest BCUT2D eigenvalue weighted by Crippen LogP contribution is -2.09. The van der Waals surface area contributed by atoms with E-state index in [1.807, 2.05) is 45.9 Å². The van der Waals surface area contributed by atoms with Crippen LogP contribution in [0.4, 0.5) is 0 Å². The van der Waals surface area contributed by atoms with Gasteiger partial charge in [-0.25, -0.2) is 9.48 Å². The molecule has 0 aliphatic rings. The number of benzene rings is 1. The molecule has 0 unspecified atom stereocenters. The maximum absolute atomic E-state index is 11.3. The number of carboxylic acids is 1. The minimum atomic E-state index is -0.930. The maximum atomic E-state index is 11.3. The second-order valence-corrected chi connectivity index (χ2v) is 5.03. The quantitative estimate of drug-likeness (QED) is 0.918. The molecule has 0 saturated carbocycles. The Hall–Kier alpha value is -2.10. The van der Waals surface area contributed by atoms with Gasteiger partial charge in [-0.05, 0) is 37.0 Å². The molecule has 100 valence electrons. The second-order valence-electron chi connectivity index (χ2n) is 5.03. The van der Waals surface area contributed by atoms with Crippen LogP contribution in [-0.2, 0) is 0 Å². The van der Waals surface area contributed by atoms with Gasteiger partial charge in [0.05, 0.1) is 17.6 Å². The van der Waals surface area contributed by atoms with E-state index < -0.39 is 5.97 Å². The summed E-state index contributed by atoms with van der Waals surface area (Å²) >= 11 is 0. The summed E-state index contributed by atoms with van der Waals surface area (Å²) in [6.45, 7) is 8.02. The zero-order valence-corrected chi connectivity index (χ0v) is 11.6. The van der Waals surface area contributed by atoms with Gasteiger partial charge in [-0.3, -0.25) is 0 Å². The van der Waals surface area contributed by atoms with Gasteiger partial charge in [0.15, 0.2) is 0 Å². The Kier molecular flexibility index (Phi) is 3.42. The minimum absolute atomic E-state index is 0.0912. The summed E-state index contributed by atoms with van der Waals surface area (Å²) in [6, 6.07) is 5.96. The van der Waals surface area contributed by atoms with Crippen molar-refractivity contribution in [2.45, 2.75) is 33.6 Å². The van der Waals surface area contributed by atoms with Gasteiger partial charge in [0.2, 0.25) is 0 Å². The molecule has 0 aliphatic carbocycles. The number of aryl methyl sites for hydroxylation is 1. The van der Waals surface area contributed by atoms with Gasteiger partial charge in [0.1, 0.15) is 5.56 Å². The number of hydrogen-bond acceptors (Lipinski definition) is 2. The number of carbonyl (C=O) groups is 1. The van der Waals surface area contributed by atoms with Crippen molar-refractivity contribution in [1.29, 1.82) is 0 Å². The first-order chi connectivity index (χ1) is 8.93. The van der Waals surface area contributed by atoms with Gasteiger partial charge in [0.25, 0.3) is 0 Å². The third-order valence-corrected chi connectivity index (χ3v) is 3.39. The first kappa shape index (κ1) is 13.3. The lowest BCUT2D eigenvalue weighted by molar-refractivity contribution is 0.0695. The normalized spacial score (nSPS) is 11.0. The van der Waals surface area contributed by atoms with Crippen molar-refractivity contribution in [3.63, 3.8) is 0 Å². The molecule has 1 aromatic carbocycles. The summed E-state index contributed by atoms with van der Waals surface area (Å²) in [6.07, 6.45) is 1.43. The van der Waals surface area contributed by atoms with E-state index in [2.05, 4.69) is 5.10 Å². The first-order valence-corrected chi connectivity index (χ1v) is 6.31. The van der Waals surface area contributed by atoms with E-state index in [4.69, 9.17) is 0 Å². The molecule has 19 heavy (non-hydrogen) atoms. The fourth-order valence-electron chi connectivity index (χ4n) is 2.24. The molecule has 1 aromatic heterocycles. The van der Waals surface area contributed by atoms with Crippen LogP contribution in [-0.4, -0.2) is 20.9 Å². The van der Waals surface area contributed by atoms with Gasteiger partial charge in [0, 0.05) is 0 Å². The van der Waals surface area contributed by atoms with Crippen LogP contribution in [0.1, 0.15) is 46.9 Å². The number of nitrogens with zero attached hydrogens (tertiary/aromatic N) is 2. The summed E-state index contributed by atoms with van der Waals surface area (Å²) in [5.41, 5.74) is 4.23. The van der Waals surface area contributed by atoms with Crippen LogP contribution in [0.25, 0.3) is 5.69 Å². The Balaban J connectivity index is 2.69. The van der Waals surface area contributed by atoms with Crippen molar-refractivity contribution in [3.8, 4) is 5.69 Å². The van der Waals surface area contributed by atoms with E-state index in [9.17, 15) is 9.90 Å². The van der Waals surface area contributed by atoms with Crippen molar-refractivity contribution in [2.75, 3.05) is 0 Å². The molecule has 1 N–H and O–H groups in total. The molecule has 2 rings (SSSR count). The smallest absolute Gasteiger partial charge is 0.339 e. The van der Waals surface area contributed by atoms with Gasteiger partial charge >= 0.3 is 5.97 Å². The zero-order chi connectivity index (χ0) is 14.2. The van der Waals surface area contributed by atoms with E-state index >= 15 is 0 Å². The van der Waals surface area contributed by atoms with Crippen LogP contribution in [0.2, 0.25) is 0 Å². The second kappa shape index (κ2) is 4.88. The average molecular weight is 258 g/mol. The summed E-state index contributed by atoms with van der Waals surface area (Å²) < 4.78 is 1.75. The highest BCUT2D eigenvalue weighted by atomic mass is 16.4. The Morgan fingerprint density at radius 1 is 1.32 bits per heavy atom. The predicted octanol–water partition coefficient (Wildman–Crippen LogP) is 3.31. The summed E-state index contributed by atoms with van der Waals surface area (Å²) in [7, 11) is 0. The van der Waals surface area contributed by atoms with E-state index in [1.54, 1.807) is 4.68 Å². The van der Waals surface area contributed by atoms with Crippen molar-refractivity contribution >= 4 is 5.97 Å². The van der Waals surface area contributed by atoms with Crippen molar-refractivity contribution in [1.82, 2.24) is 9.78 Å². The number of hydrogen-bond donors (Lipinski definition) is 1. The third-order valence-electron chi connectivity index (χ3n) is 3.39. The molecule has 0 bridgehead atoms. The molecule has 0 atom stereocenters. The SMILES string of the molecule is Cc1cccc(-n2ncc(C(=O)O)c2C(C)C)c1C. The van der Waals surface area contributed by atoms with E-state index in [-0.39, 0.29) is 11.5 Å². The topological polar surface area (TPSA) is 55.1 Å². The summed E-state index contributed by atoms with van der Waals surface area (Å²) in [5, 5.41) is 13.5.